The van der Waals surface area contributed by atoms with Crippen molar-refractivity contribution in [1.29, 1.82) is 0 Å². The molecule has 0 saturated heterocycles. The third-order valence-corrected chi connectivity index (χ3v) is 2.83. The van der Waals surface area contributed by atoms with Gasteiger partial charge >= 0.3 is 0 Å². The molecule has 0 bridgehead atoms. The zero-order chi connectivity index (χ0) is 12.0. The minimum absolute atomic E-state index is 0.232. The van der Waals surface area contributed by atoms with Crippen molar-refractivity contribution in [2.24, 2.45) is 5.92 Å². The van der Waals surface area contributed by atoms with Crippen molar-refractivity contribution in [3.8, 4) is 0 Å². The maximum Gasteiger partial charge on any atom is 0.167 e. The van der Waals surface area contributed by atoms with E-state index in [1.807, 2.05) is 0 Å². The molecule has 0 radical (unpaired) electrons. The molecule has 1 rings (SSSR count). The first kappa shape index (κ1) is 13.2. The lowest BCUT2D eigenvalue weighted by Gasteiger charge is -2.14. The lowest BCUT2D eigenvalue weighted by atomic mass is 10.1. The average Bonchev–Trinajstić information content (AvgIpc) is 2.75. The van der Waals surface area contributed by atoms with Crippen molar-refractivity contribution in [3.63, 3.8) is 0 Å². The van der Waals surface area contributed by atoms with E-state index < -0.39 is 0 Å². The molecule has 1 aromatic heterocycles. The fraction of sp³-hybridized carbons (Fsp3) is 0.833. The highest BCUT2D eigenvalue weighted by molar-refractivity contribution is 4.95. The summed E-state index contributed by atoms with van der Waals surface area (Å²) in [6.07, 6.45) is 3.43. The van der Waals surface area contributed by atoms with Crippen LogP contribution in [0.1, 0.15) is 58.2 Å². The average molecular weight is 224 g/mol. The van der Waals surface area contributed by atoms with Crippen LogP contribution in [0.15, 0.2) is 0 Å². The van der Waals surface area contributed by atoms with Crippen LogP contribution < -0.4 is 5.32 Å². The molecular weight excluding hydrogens is 200 g/mol. The highest BCUT2D eigenvalue weighted by Gasteiger charge is 2.11. The second-order valence-electron chi connectivity index (χ2n) is 4.52. The van der Waals surface area contributed by atoms with E-state index in [0.717, 1.165) is 30.5 Å². The second kappa shape index (κ2) is 6.63. The SMILES string of the molecule is CCCC(C)CNC(C)c1n[nH]c(CC)n1. The Balaban J connectivity index is 2.37. The van der Waals surface area contributed by atoms with Crippen LogP contribution in [0.25, 0.3) is 0 Å². The Hall–Kier alpha value is -0.900. The lowest BCUT2D eigenvalue weighted by molar-refractivity contribution is 0.436. The molecule has 0 fully saturated rings. The predicted molar refractivity (Wildman–Crippen MR) is 66.3 cm³/mol. The van der Waals surface area contributed by atoms with E-state index in [-0.39, 0.29) is 6.04 Å². The van der Waals surface area contributed by atoms with Gasteiger partial charge in [-0.25, -0.2) is 4.98 Å². The van der Waals surface area contributed by atoms with E-state index in [0.29, 0.717) is 0 Å². The van der Waals surface area contributed by atoms with Crippen molar-refractivity contribution in [2.75, 3.05) is 6.54 Å². The Morgan fingerprint density at radius 1 is 1.31 bits per heavy atom. The number of nitrogens with one attached hydrogen (secondary N) is 2. The topological polar surface area (TPSA) is 53.6 Å². The molecule has 1 aromatic rings. The normalized spacial score (nSPS) is 15.0. The highest BCUT2D eigenvalue weighted by atomic mass is 15.2. The summed E-state index contributed by atoms with van der Waals surface area (Å²) in [6, 6.07) is 0.232. The molecular formula is C12H24N4. The van der Waals surface area contributed by atoms with E-state index in [2.05, 4.69) is 48.2 Å². The number of aromatic nitrogens is 3. The monoisotopic (exact) mass is 224 g/mol. The summed E-state index contributed by atoms with van der Waals surface area (Å²) in [5, 5.41) is 10.6. The number of hydrogen-bond acceptors (Lipinski definition) is 3. The summed E-state index contributed by atoms with van der Waals surface area (Å²) in [5.74, 6) is 2.56. The van der Waals surface area contributed by atoms with Gasteiger partial charge in [0.15, 0.2) is 5.82 Å². The molecule has 92 valence electrons. The summed E-state index contributed by atoms with van der Waals surface area (Å²) in [4.78, 5) is 4.42. The van der Waals surface area contributed by atoms with Crippen molar-refractivity contribution >= 4 is 0 Å². The van der Waals surface area contributed by atoms with Gasteiger partial charge < -0.3 is 5.32 Å². The summed E-state index contributed by atoms with van der Waals surface area (Å²) < 4.78 is 0. The van der Waals surface area contributed by atoms with Gasteiger partial charge in [-0.2, -0.15) is 5.10 Å². The van der Waals surface area contributed by atoms with Crippen LogP contribution in [0.4, 0.5) is 0 Å². The lowest BCUT2D eigenvalue weighted by Crippen LogP contribution is -2.25. The number of aryl methyl sites for hydroxylation is 1. The van der Waals surface area contributed by atoms with Crippen molar-refractivity contribution in [1.82, 2.24) is 20.5 Å². The third kappa shape index (κ3) is 3.93. The fourth-order valence-corrected chi connectivity index (χ4v) is 1.73. The smallest absolute Gasteiger partial charge is 0.167 e. The van der Waals surface area contributed by atoms with E-state index in [9.17, 15) is 0 Å². The molecule has 0 aliphatic carbocycles. The molecule has 0 saturated carbocycles. The minimum Gasteiger partial charge on any atom is -0.307 e. The Morgan fingerprint density at radius 3 is 2.62 bits per heavy atom. The van der Waals surface area contributed by atoms with Crippen molar-refractivity contribution in [2.45, 2.75) is 53.0 Å². The molecule has 1 heterocycles. The number of aromatic amines is 1. The van der Waals surface area contributed by atoms with Gasteiger partial charge in [0.25, 0.3) is 0 Å². The van der Waals surface area contributed by atoms with Crippen LogP contribution in [0.2, 0.25) is 0 Å². The largest absolute Gasteiger partial charge is 0.307 e. The van der Waals surface area contributed by atoms with E-state index in [1.165, 1.54) is 12.8 Å². The Morgan fingerprint density at radius 2 is 2.06 bits per heavy atom. The van der Waals surface area contributed by atoms with Crippen LogP contribution in [0.5, 0.6) is 0 Å². The number of H-pyrrole nitrogens is 1. The molecule has 0 amide bonds. The Kier molecular flexibility index (Phi) is 5.46. The molecule has 2 N–H and O–H groups in total. The quantitative estimate of drug-likeness (QED) is 0.748. The molecule has 0 aromatic carbocycles. The van der Waals surface area contributed by atoms with Gasteiger partial charge in [-0.1, -0.05) is 27.2 Å². The Bertz CT molecular complexity index is 295. The first-order valence-corrected chi connectivity index (χ1v) is 6.31. The second-order valence-corrected chi connectivity index (χ2v) is 4.52. The maximum atomic E-state index is 4.42. The zero-order valence-corrected chi connectivity index (χ0v) is 10.9. The van der Waals surface area contributed by atoms with Gasteiger partial charge in [-0.15, -0.1) is 0 Å². The zero-order valence-electron chi connectivity index (χ0n) is 10.9. The number of nitrogens with zero attached hydrogens (tertiary/aromatic N) is 2. The van der Waals surface area contributed by atoms with Crippen molar-refractivity contribution in [3.05, 3.63) is 11.6 Å². The van der Waals surface area contributed by atoms with Gasteiger partial charge in [-0.05, 0) is 25.8 Å². The predicted octanol–water partition coefficient (Wildman–Crippen LogP) is 2.45. The van der Waals surface area contributed by atoms with Crippen LogP contribution in [-0.2, 0) is 6.42 Å². The summed E-state index contributed by atoms with van der Waals surface area (Å²) in [6.45, 7) is 9.72. The third-order valence-electron chi connectivity index (χ3n) is 2.83. The maximum absolute atomic E-state index is 4.42. The molecule has 2 atom stereocenters. The van der Waals surface area contributed by atoms with Crippen LogP contribution in [0, 0.1) is 5.92 Å². The summed E-state index contributed by atoms with van der Waals surface area (Å²) in [7, 11) is 0. The summed E-state index contributed by atoms with van der Waals surface area (Å²) in [5.41, 5.74) is 0. The van der Waals surface area contributed by atoms with Gasteiger partial charge in [0, 0.05) is 6.42 Å². The minimum atomic E-state index is 0.232. The van der Waals surface area contributed by atoms with Gasteiger partial charge in [0.2, 0.25) is 0 Å². The van der Waals surface area contributed by atoms with Crippen LogP contribution in [0.3, 0.4) is 0 Å². The van der Waals surface area contributed by atoms with Crippen LogP contribution in [-0.4, -0.2) is 21.7 Å². The first-order valence-electron chi connectivity index (χ1n) is 6.31. The number of hydrogen-bond donors (Lipinski definition) is 2. The molecule has 2 unspecified atom stereocenters. The van der Waals surface area contributed by atoms with E-state index in [4.69, 9.17) is 0 Å². The van der Waals surface area contributed by atoms with E-state index >= 15 is 0 Å². The standard InChI is InChI=1S/C12H24N4/c1-5-7-9(3)8-13-10(4)12-14-11(6-2)15-16-12/h9-10,13H,5-8H2,1-4H3,(H,14,15,16). The summed E-state index contributed by atoms with van der Waals surface area (Å²) >= 11 is 0. The molecule has 0 aliphatic rings. The molecule has 0 spiro atoms. The van der Waals surface area contributed by atoms with Gasteiger partial charge in [-0.3, -0.25) is 5.10 Å². The van der Waals surface area contributed by atoms with Gasteiger partial charge in [0.05, 0.1) is 6.04 Å². The number of rotatable bonds is 7. The molecule has 16 heavy (non-hydrogen) atoms. The fourth-order valence-electron chi connectivity index (χ4n) is 1.73. The van der Waals surface area contributed by atoms with E-state index in [1.54, 1.807) is 0 Å². The van der Waals surface area contributed by atoms with Crippen LogP contribution >= 0.6 is 0 Å². The Labute approximate surface area is 98.2 Å². The van der Waals surface area contributed by atoms with Gasteiger partial charge in [0.1, 0.15) is 5.82 Å². The molecule has 4 nitrogen and oxygen atoms in total. The highest BCUT2D eigenvalue weighted by Crippen LogP contribution is 2.09. The first-order chi connectivity index (χ1) is 7.67. The molecule has 0 aliphatic heterocycles. The molecule has 4 heteroatoms. The van der Waals surface area contributed by atoms with Crippen molar-refractivity contribution < 1.29 is 0 Å².